The second-order valence-corrected chi connectivity index (χ2v) is 5.16. The number of fused-ring (bicyclic) bond motifs is 3. The molecular formula is C15H13NO3. The summed E-state index contributed by atoms with van der Waals surface area (Å²) < 4.78 is 5.96. The summed E-state index contributed by atoms with van der Waals surface area (Å²) in [4.78, 5) is 10.8. The Balaban J connectivity index is 2.38. The lowest BCUT2D eigenvalue weighted by Gasteiger charge is -2.28. The highest BCUT2D eigenvalue weighted by molar-refractivity contribution is 5.98. The first kappa shape index (κ1) is 11.7. The molecule has 1 aliphatic rings. The van der Waals surface area contributed by atoms with Gasteiger partial charge in [0.05, 0.1) is 10.3 Å². The van der Waals surface area contributed by atoms with Crippen molar-refractivity contribution in [3.05, 3.63) is 52.1 Å². The molecular weight excluding hydrogens is 242 g/mol. The van der Waals surface area contributed by atoms with E-state index < -0.39 is 5.60 Å². The molecule has 0 saturated carbocycles. The van der Waals surface area contributed by atoms with Crippen LogP contribution in [-0.4, -0.2) is 10.5 Å². The third-order valence-corrected chi connectivity index (χ3v) is 3.23. The Morgan fingerprint density at radius 1 is 1.21 bits per heavy atom. The van der Waals surface area contributed by atoms with Crippen molar-refractivity contribution in [1.82, 2.24) is 0 Å². The fourth-order valence-corrected chi connectivity index (χ4v) is 2.33. The fraction of sp³-hybridized carbons (Fsp3) is 0.200. The molecule has 0 N–H and O–H groups in total. The zero-order valence-corrected chi connectivity index (χ0v) is 10.7. The average Bonchev–Trinajstić information content (AvgIpc) is 2.37. The van der Waals surface area contributed by atoms with Crippen molar-refractivity contribution in [1.29, 1.82) is 0 Å². The summed E-state index contributed by atoms with van der Waals surface area (Å²) in [5, 5.41) is 12.6. The minimum Gasteiger partial charge on any atom is -0.482 e. The molecule has 0 saturated heterocycles. The molecule has 2 aromatic rings. The lowest BCUT2D eigenvalue weighted by Crippen LogP contribution is -2.27. The summed E-state index contributed by atoms with van der Waals surface area (Å²) in [5.74, 6) is 0.716. The molecule has 1 heterocycles. The van der Waals surface area contributed by atoms with E-state index >= 15 is 0 Å². The van der Waals surface area contributed by atoms with Gasteiger partial charge in [0.1, 0.15) is 11.4 Å². The van der Waals surface area contributed by atoms with Crippen LogP contribution in [0.15, 0.2) is 36.4 Å². The van der Waals surface area contributed by atoms with Crippen LogP contribution in [0.1, 0.15) is 19.4 Å². The van der Waals surface area contributed by atoms with Crippen LogP contribution < -0.4 is 4.74 Å². The maximum Gasteiger partial charge on any atom is 0.278 e. The summed E-state index contributed by atoms with van der Waals surface area (Å²) in [6.45, 7) is 3.92. The van der Waals surface area contributed by atoms with Crippen LogP contribution in [0.5, 0.6) is 5.75 Å². The quantitative estimate of drug-likeness (QED) is 0.573. The molecule has 0 bridgehead atoms. The van der Waals surface area contributed by atoms with E-state index in [2.05, 4.69) is 0 Å². The second kappa shape index (κ2) is 3.82. The standard InChI is InChI=1S/C15H13NO3/c1-15(2)8-7-10-9-13(16(17)18)11-5-3-4-6-12(11)14(10)19-15/h3-9H,1-2H3. The Bertz CT molecular complexity index is 717. The minimum absolute atomic E-state index is 0.113. The van der Waals surface area contributed by atoms with E-state index in [9.17, 15) is 10.1 Å². The van der Waals surface area contributed by atoms with Crippen LogP contribution in [0.25, 0.3) is 16.8 Å². The number of nitro groups is 1. The second-order valence-electron chi connectivity index (χ2n) is 5.16. The zero-order valence-electron chi connectivity index (χ0n) is 10.7. The van der Waals surface area contributed by atoms with E-state index in [1.165, 1.54) is 0 Å². The van der Waals surface area contributed by atoms with Crippen LogP contribution >= 0.6 is 0 Å². The van der Waals surface area contributed by atoms with Gasteiger partial charge in [-0.05, 0) is 26.0 Å². The van der Waals surface area contributed by atoms with Crippen LogP contribution in [0, 0.1) is 10.1 Å². The van der Waals surface area contributed by atoms with Gasteiger partial charge in [-0.1, -0.05) is 24.3 Å². The molecule has 0 aromatic heterocycles. The molecule has 0 atom stereocenters. The summed E-state index contributed by atoms with van der Waals surface area (Å²) in [5.41, 5.74) is 0.471. The van der Waals surface area contributed by atoms with Gasteiger partial charge in [-0.15, -0.1) is 0 Å². The fourth-order valence-electron chi connectivity index (χ4n) is 2.33. The van der Waals surface area contributed by atoms with E-state index in [-0.39, 0.29) is 10.6 Å². The van der Waals surface area contributed by atoms with E-state index in [0.717, 1.165) is 10.9 Å². The number of nitrogens with zero attached hydrogens (tertiary/aromatic N) is 1. The molecule has 2 aromatic carbocycles. The number of non-ortho nitro benzene ring substituents is 1. The first-order valence-electron chi connectivity index (χ1n) is 6.06. The topological polar surface area (TPSA) is 52.4 Å². The van der Waals surface area contributed by atoms with Crippen LogP contribution in [0.2, 0.25) is 0 Å². The van der Waals surface area contributed by atoms with Crippen molar-refractivity contribution < 1.29 is 9.66 Å². The average molecular weight is 255 g/mol. The Labute approximate surface area is 110 Å². The van der Waals surface area contributed by atoms with E-state index in [1.807, 2.05) is 38.1 Å². The lowest BCUT2D eigenvalue weighted by atomic mass is 9.97. The van der Waals surface area contributed by atoms with Crippen LogP contribution in [-0.2, 0) is 0 Å². The van der Waals surface area contributed by atoms with Gasteiger partial charge in [-0.2, -0.15) is 0 Å². The van der Waals surface area contributed by atoms with Gasteiger partial charge in [0, 0.05) is 17.0 Å². The first-order valence-corrected chi connectivity index (χ1v) is 6.06. The van der Waals surface area contributed by atoms with Gasteiger partial charge < -0.3 is 4.74 Å². The Hall–Kier alpha value is -2.36. The van der Waals surface area contributed by atoms with Gasteiger partial charge >= 0.3 is 0 Å². The zero-order chi connectivity index (χ0) is 13.6. The number of rotatable bonds is 1. The van der Waals surface area contributed by atoms with Crippen molar-refractivity contribution in [3.8, 4) is 5.75 Å². The van der Waals surface area contributed by atoms with Gasteiger partial charge in [0.15, 0.2) is 0 Å². The maximum atomic E-state index is 11.2. The third kappa shape index (κ3) is 1.85. The van der Waals surface area contributed by atoms with Gasteiger partial charge in [-0.25, -0.2) is 0 Å². The maximum absolute atomic E-state index is 11.2. The first-order chi connectivity index (χ1) is 8.98. The Kier molecular flexibility index (Phi) is 2.35. The van der Waals surface area contributed by atoms with E-state index in [1.54, 1.807) is 18.2 Å². The van der Waals surface area contributed by atoms with Crippen molar-refractivity contribution in [2.45, 2.75) is 19.4 Å². The summed E-state index contributed by atoms with van der Waals surface area (Å²) in [6, 6.07) is 8.84. The van der Waals surface area contributed by atoms with Crippen LogP contribution in [0.4, 0.5) is 5.69 Å². The highest BCUT2D eigenvalue weighted by Crippen LogP contribution is 2.41. The number of ether oxygens (including phenoxy) is 1. The predicted molar refractivity (Wildman–Crippen MR) is 74.3 cm³/mol. The molecule has 0 radical (unpaired) electrons. The monoisotopic (exact) mass is 255 g/mol. The number of hydrogen-bond acceptors (Lipinski definition) is 3. The van der Waals surface area contributed by atoms with E-state index in [4.69, 9.17) is 4.74 Å². The van der Waals surface area contributed by atoms with Gasteiger partial charge in [0.2, 0.25) is 0 Å². The highest BCUT2D eigenvalue weighted by atomic mass is 16.6. The van der Waals surface area contributed by atoms with Crippen molar-refractivity contribution >= 4 is 22.5 Å². The third-order valence-electron chi connectivity index (χ3n) is 3.23. The molecule has 0 aliphatic carbocycles. The molecule has 0 unspecified atom stereocenters. The molecule has 0 amide bonds. The summed E-state index contributed by atoms with van der Waals surface area (Å²) >= 11 is 0. The summed E-state index contributed by atoms with van der Waals surface area (Å²) in [7, 11) is 0. The molecule has 4 heteroatoms. The molecule has 0 spiro atoms. The number of nitro benzene ring substituents is 1. The summed E-state index contributed by atoms with van der Waals surface area (Å²) in [6.07, 6.45) is 3.80. The molecule has 4 nitrogen and oxygen atoms in total. The van der Waals surface area contributed by atoms with Gasteiger partial charge in [-0.3, -0.25) is 10.1 Å². The SMILES string of the molecule is CC1(C)C=Cc2cc([N+](=O)[O-])c3ccccc3c2O1. The van der Waals surface area contributed by atoms with Crippen molar-refractivity contribution in [3.63, 3.8) is 0 Å². The highest BCUT2D eigenvalue weighted by Gasteiger charge is 2.26. The Morgan fingerprint density at radius 3 is 2.58 bits per heavy atom. The predicted octanol–water partition coefficient (Wildman–Crippen LogP) is 3.93. The molecule has 19 heavy (non-hydrogen) atoms. The molecule has 3 rings (SSSR count). The molecule has 0 fully saturated rings. The van der Waals surface area contributed by atoms with Crippen molar-refractivity contribution in [2.24, 2.45) is 0 Å². The molecule has 96 valence electrons. The normalized spacial score (nSPS) is 15.9. The smallest absolute Gasteiger partial charge is 0.278 e. The largest absolute Gasteiger partial charge is 0.482 e. The Morgan fingerprint density at radius 2 is 1.89 bits per heavy atom. The number of hydrogen-bond donors (Lipinski definition) is 0. The van der Waals surface area contributed by atoms with Gasteiger partial charge in [0.25, 0.3) is 5.69 Å². The number of benzene rings is 2. The minimum atomic E-state index is -0.397. The lowest BCUT2D eigenvalue weighted by molar-refractivity contribution is -0.383. The molecule has 1 aliphatic heterocycles. The van der Waals surface area contributed by atoms with Crippen LogP contribution in [0.3, 0.4) is 0 Å². The van der Waals surface area contributed by atoms with E-state index in [0.29, 0.717) is 11.1 Å². The van der Waals surface area contributed by atoms with Crippen molar-refractivity contribution in [2.75, 3.05) is 0 Å².